The summed E-state index contributed by atoms with van der Waals surface area (Å²) in [5.74, 6) is 0.00289. The van der Waals surface area contributed by atoms with Crippen molar-refractivity contribution in [3.8, 4) is 5.75 Å². The molecule has 0 saturated heterocycles. The van der Waals surface area contributed by atoms with Crippen molar-refractivity contribution in [2.45, 2.75) is 77.6 Å². The molecule has 0 radical (unpaired) electrons. The number of rotatable bonds is 7. The fraction of sp³-hybridized carbons (Fsp3) is 0.583. The van der Waals surface area contributed by atoms with E-state index in [2.05, 4.69) is 10.4 Å². The van der Waals surface area contributed by atoms with Gasteiger partial charge in [-0.1, -0.05) is 27.2 Å². The number of halogens is 3. The zero-order valence-corrected chi connectivity index (χ0v) is 19.7. The van der Waals surface area contributed by atoms with Crippen molar-refractivity contribution in [2.24, 2.45) is 5.92 Å². The molecule has 1 fully saturated rings. The minimum atomic E-state index is -4.62. The molecule has 0 atom stereocenters. The number of aromatic nitrogens is 2. The molecular weight excluding hydrogens is 435 g/mol. The van der Waals surface area contributed by atoms with Crippen LogP contribution in [0, 0.1) is 5.92 Å². The van der Waals surface area contributed by atoms with E-state index < -0.39 is 23.2 Å². The number of benzene rings is 1. The molecule has 2 aromatic rings. The van der Waals surface area contributed by atoms with E-state index in [-0.39, 0.29) is 29.2 Å². The van der Waals surface area contributed by atoms with Crippen LogP contribution < -0.4 is 10.1 Å². The van der Waals surface area contributed by atoms with Gasteiger partial charge in [0.2, 0.25) is 0 Å². The van der Waals surface area contributed by atoms with E-state index >= 15 is 0 Å². The quantitative estimate of drug-likeness (QED) is 0.572. The highest BCUT2D eigenvalue weighted by atomic mass is 19.4. The number of nitrogens with zero attached hydrogens (tertiary/aromatic N) is 2. The van der Waals surface area contributed by atoms with Crippen LogP contribution in [0.1, 0.15) is 75.5 Å². The van der Waals surface area contributed by atoms with Crippen LogP contribution >= 0.6 is 0 Å². The van der Waals surface area contributed by atoms with Crippen LogP contribution in [-0.2, 0) is 18.1 Å². The second kappa shape index (κ2) is 9.00. The molecular formula is C24H32F3N3O3. The summed E-state index contributed by atoms with van der Waals surface area (Å²) >= 11 is 0. The molecule has 1 aromatic heterocycles. The van der Waals surface area contributed by atoms with Gasteiger partial charge >= 0.3 is 6.18 Å². The van der Waals surface area contributed by atoms with Crippen LogP contribution in [0.25, 0.3) is 0 Å². The second-order valence-electron chi connectivity index (χ2n) is 10.4. The van der Waals surface area contributed by atoms with Crippen molar-refractivity contribution in [3.05, 3.63) is 41.1 Å². The molecule has 1 amide bonds. The van der Waals surface area contributed by atoms with E-state index in [1.807, 2.05) is 25.5 Å². The highest BCUT2D eigenvalue weighted by Gasteiger charge is 2.33. The molecule has 9 heteroatoms. The molecule has 0 aliphatic heterocycles. The Labute approximate surface area is 192 Å². The summed E-state index contributed by atoms with van der Waals surface area (Å²) in [6.45, 7) is 9.68. The lowest BCUT2D eigenvalue weighted by molar-refractivity contribution is -0.137. The van der Waals surface area contributed by atoms with E-state index in [9.17, 15) is 23.1 Å². The van der Waals surface area contributed by atoms with Gasteiger partial charge in [-0.2, -0.15) is 18.3 Å². The number of alkyl halides is 3. The van der Waals surface area contributed by atoms with Crippen molar-refractivity contribution in [2.75, 3.05) is 11.9 Å². The lowest BCUT2D eigenvalue weighted by Crippen LogP contribution is -2.28. The minimum absolute atomic E-state index is 0.0485. The van der Waals surface area contributed by atoms with E-state index in [1.54, 1.807) is 6.07 Å². The Kier molecular flexibility index (Phi) is 6.84. The molecule has 1 heterocycles. The molecule has 1 saturated carbocycles. The Morgan fingerprint density at radius 3 is 2.36 bits per heavy atom. The van der Waals surface area contributed by atoms with Crippen molar-refractivity contribution < 1.29 is 27.8 Å². The van der Waals surface area contributed by atoms with Crippen LogP contribution in [0.3, 0.4) is 0 Å². The summed E-state index contributed by atoms with van der Waals surface area (Å²) in [4.78, 5) is 13.0. The van der Waals surface area contributed by atoms with Crippen LogP contribution in [0.15, 0.2) is 24.3 Å². The maximum Gasteiger partial charge on any atom is 0.416 e. The summed E-state index contributed by atoms with van der Waals surface area (Å²) in [5, 5.41) is 17.1. The fourth-order valence-electron chi connectivity index (χ4n) is 3.59. The van der Waals surface area contributed by atoms with Gasteiger partial charge in [0.05, 0.1) is 16.7 Å². The largest absolute Gasteiger partial charge is 0.490 e. The first kappa shape index (κ1) is 25.1. The monoisotopic (exact) mass is 467 g/mol. The summed E-state index contributed by atoms with van der Waals surface area (Å²) in [7, 11) is 0. The molecule has 1 aliphatic rings. The Hall–Kier alpha value is -2.55. The highest BCUT2D eigenvalue weighted by Crippen LogP contribution is 2.34. The predicted octanol–water partition coefficient (Wildman–Crippen LogP) is 5.40. The van der Waals surface area contributed by atoms with Crippen molar-refractivity contribution in [1.82, 2.24) is 9.78 Å². The van der Waals surface area contributed by atoms with Crippen LogP contribution in [-0.4, -0.2) is 33.0 Å². The van der Waals surface area contributed by atoms with Gasteiger partial charge in [-0.3, -0.25) is 9.48 Å². The third-order valence-electron chi connectivity index (χ3n) is 5.58. The lowest BCUT2D eigenvalue weighted by atomic mass is 9.85. The van der Waals surface area contributed by atoms with Crippen LogP contribution in [0.5, 0.6) is 5.75 Å². The standard InChI is InChI=1S/C24H32F3N3O3/c1-22(2,3)19-12-20(29-30(19)13-15-7-6-8-15)28-21(31)17-11-16(24(25,26)27)9-10-18(17)33-14-23(4,5)32/h9-12,15,32H,6-8,13-14H2,1-5H3,(H,28,29,31). The number of amides is 1. The molecule has 6 nitrogen and oxygen atoms in total. The van der Waals surface area contributed by atoms with Gasteiger partial charge in [-0.25, -0.2) is 0 Å². The van der Waals surface area contributed by atoms with Gasteiger partial charge in [0, 0.05) is 23.7 Å². The predicted molar refractivity (Wildman–Crippen MR) is 119 cm³/mol. The minimum Gasteiger partial charge on any atom is -0.490 e. The van der Waals surface area contributed by atoms with Crippen LogP contribution in [0.4, 0.5) is 19.0 Å². The lowest BCUT2D eigenvalue weighted by Gasteiger charge is -2.28. The van der Waals surface area contributed by atoms with Crippen LogP contribution in [0.2, 0.25) is 0 Å². The topological polar surface area (TPSA) is 76.4 Å². The van der Waals surface area contributed by atoms with Gasteiger partial charge in [-0.05, 0) is 50.8 Å². The van der Waals surface area contributed by atoms with Crippen molar-refractivity contribution >= 4 is 11.7 Å². The number of ether oxygens (including phenoxy) is 1. The molecule has 1 aliphatic carbocycles. The number of hydrogen-bond acceptors (Lipinski definition) is 4. The summed E-state index contributed by atoms with van der Waals surface area (Å²) in [5.41, 5.74) is -1.75. The number of carbonyl (C=O) groups is 1. The summed E-state index contributed by atoms with van der Waals surface area (Å²) in [6, 6.07) is 4.47. The molecule has 2 N–H and O–H groups in total. The van der Waals surface area contributed by atoms with Crippen molar-refractivity contribution in [1.29, 1.82) is 0 Å². The zero-order chi connectivity index (χ0) is 24.6. The number of hydrogen-bond donors (Lipinski definition) is 2. The maximum absolute atomic E-state index is 13.3. The smallest absolute Gasteiger partial charge is 0.416 e. The number of anilines is 1. The Bertz CT molecular complexity index is 997. The molecule has 0 spiro atoms. The Balaban J connectivity index is 1.90. The first-order chi connectivity index (χ1) is 15.1. The van der Waals surface area contributed by atoms with Gasteiger partial charge in [0.15, 0.2) is 5.82 Å². The van der Waals surface area contributed by atoms with Gasteiger partial charge < -0.3 is 15.2 Å². The van der Waals surface area contributed by atoms with E-state index in [0.717, 1.165) is 43.3 Å². The van der Waals surface area contributed by atoms with E-state index in [4.69, 9.17) is 4.74 Å². The van der Waals surface area contributed by atoms with E-state index in [1.165, 1.54) is 20.3 Å². The highest BCUT2D eigenvalue weighted by molar-refractivity contribution is 6.06. The van der Waals surface area contributed by atoms with E-state index in [0.29, 0.717) is 5.92 Å². The third kappa shape index (κ3) is 6.50. The number of nitrogens with one attached hydrogen (secondary N) is 1. The third-order valence-corrected chi connectivity index (χ3v) is 5.58. The number of aliphatic hydroxyl groups is 1. The first-order valence-electron chi connectivity index (χ1n) is 11.1. The molecule has 0 bridgehead atoms. The molecule has 182 valence electrons. The van der Waals surface area contributed by atoms with Gasteiger partial charge in [-0.15, -0.1) is 0 Å². The average molecular weight is 468 g/mol. The zero-order valence-electron chi connectivity index (χ0n) is 19.7. The number of carbonyl (C=O) groups excluding carboxylic acids is 1. The average Bonchev–Trinajstić information content (AvgIpc) is 3.04. The molecule has 3 rings (SSSR count). The second-order valence-corrected chi connectivity index (χ2v) is 10.4. The molecule has 1 aromatic carbocycles. The SMILES string of the molecule is CC(C)(O)COc1ccc(C(F)(F)F)cc1C(=O)Nc1cc(C(C)(C)C)n(CC2CCC2)n1. The van der Waals surface area contributed by atoms with Gasteiger partial charge in [0.1, 0.15) is 12.4 Å². The fourth-order valence-corrected chi connectivity index (χ4v) is 3.59. The Morgan fingerprint density at radius 2 is 1.85 bits per heavy atom. The maximum atomic E-state index is 13.3. The van der Waals surface area contributed by atoms with Gasteiger partial charge in [0.25, 0.3) is 5.91 Å². The normalized spacial score (nSPS) is 15.3. The molecule has 33 heavy (non-hydrogen) atoms. The van der Waals surface area contributed by atoms with Crippen molar-refractivity contribution in [3.63, 3.8) is 0 Å². The molecule has 0 unspecified atom stereocenters. The summed E-state index contributed by atoms with van der Waals surface area (Å²) in [6.07, 6.45) is -1.15. The summed E-state index contributed by atoms with van der Waals surface area (Å²) < 4.78 is 47.2. The Morgan fingerprint density at radius 1 is 1.18 bits per heavy atom. The first-order valence-corrected chi connectivity index (χ1v) is 11.1.